The summed E-state index contributed by atoms with van der Waals surface area (Å²) in [6, 6.07) is 7.90. The highest BCUT2D eigenvalue weighted by molar-refractivity contribution is 5.36. The van der Waals surface area contributed by atoms with Gasteiger partial charge in [-0.1, -0.05) is 19.8 Å². The quantitative estimate of drug-likeness (QED) is 0.791. The number of furan rings is 1. The molecule has 0 saturated carbocycles. The van der Waals surface area contributed by atoms with E-state index >= 15 is 0 Å². The van der Waals surface area contributed by atoms with Crippen molar-refractivity contribution in [2.24, 2.45) is 0 Å². The molecule has 132 valence electrons. The molecule has 0 aromatic carbocycles. The van der Waals surface area contributed by atoms with Crippen LogP contribution in [-0.2, 0) is 13.0 Å². The Labute approximate surface area is 146 Å². The number of nitrogens with one attached hydrogen (secondary N) is 1. The highest BCUT2D eigenvalue weighted by Crippen LogP contribution is 2.32. The molecule has 1 saturated heterocycles. The van der Waals surface area contributed by atoms with Crippen LogP contribution >= 0.6 is 0 Å². The Morgan fingerprint density at radius 2 is 2.20 bits per heavy atom. The SMILES string of the molecule is CCc1ccc([C@H]2CCCCCN2Cc2cc(=O)n3[nH]ccc3n2)o1. The molecule has 4 rings (SSSR count). The van der Waals surface area contributed by atoms with Gasteiger partial charge in [0, 0.05) is 31.3 Å². The van der Waals surface area contributed by atoms with E-state index in [4.69, 9.17) is 4.42 Å². The molecule has 25 heavy (non-hydrogen) atoms. The summed E-state index contributed by atoms with van der Waals surface area (Å²) in [5.74, 6) is 2.07. The number of aryl methyl sites for hydroxylation is 1. The summed E-state index contributed by atoms with van der Waals surface area (Å²) in [7, 11) is 0. The second-order valence-electron chi connectivity index (χ2n) is 6.73. The van der Waals surface area contributed by atoms with Gasteiger partial charge < -0.3 is 4.42 Å². The Balaban J connectivity index is 1.63. The van der Waals surface area contributed by atoms with E-state index < -0.39 is 0 Å². The van der Waals surface area contributed by atoms with E-state index in [-0.39, 0.29) is 11.6 Å². The number of likely N-dealkylation sites (tertiary alicyclic amines) is 1. The molecule has 3 aromatic rings. The van der Waals surface area contributed by atoms with Gasteiger partial charge in [0.15, 0.2) is 5.65 Å². The molecule has 1 aliphatic heterocycles. The third-order valence-corrected chi connectivity index (χ3v) is 5.02. The lowest BCUT2D eigenvalue weighted by molar-refractivity contribution is 0.166. The molecule has 6 heteroatoms. The number of rotatable bonds is 4. The largest absolute Gasteiger partial charge is 0.464 e. The van der Waals surface area contributed by atoms with Gasteiger partial charge in [0.05, 0.1) is 11.7 Å². The van der Waals surface area contributed by atoms with Crippen molar-refractivity contribution in [1.82, 2.24) is 19.5 Å². The topological polar surface area (TPSA) is 66.5 Å². The van der Waals surface area contributed by atoms with Gasteiger partial charge in [-0.3, -0.25) is 14.8 Å². The van der Waals surface area contributed by atoms with E-state index in [9.17, 15) is 4.79 Å². The van der Waals surface area contributed by atoms with Gasteiger partial charge in [0.25, 0.3) is 5.56 Å². The number of fused-ring (bicyclic) bond motifs is 1. The lowest BCUT2D eigenvalue weighted by atomic mass is 10.1. The zero-order valence-electron chi connectivity index (χ0n) is 14.6. The molecule has 6 nitrogen and oxygen atoms in total. The molecule has 0 amide bonds. The van der Waals surface area contributed by atoms with Crippen molar-refractivity contribution < 1.29 is 4.42 Å². The summed E-state index contributed by atoms with van der Waals surface area (Å²) in [4.78, 5) is 19.3. The number of H-pyrrole nitrogens is 1. The van der Waals surface area contributed by atoms with Gasteiger partial charge in [0.1, 0.15) is 11.5 Å². The zero-order chi connectivity index (χ0) is 17.2. The van der Waals surface area contributed by atoms with E-state index in [1.807, 2.05) is 6.07 Å². The van der Waals surface area contributed by atoms with Crippen LogP contribution in [0, 0.1) is 0 Å². The molecule has 0 unspecified atom stereocenters. The molecule has 1 N–H and O–H groups in total. The second-order valence-corrected chi connectivity index (χ2v) is 6.73. The standard InChI is InChI=1S/C19H24N4O2/c1-2-15-7-8-17(25-15)16-6-4-3-5-11-22(16)13-14-12-19(24)23-18(21-14)9-10-20-23/h7-10,12,16,20H,2-6,11,13H2,1H3/t16-/m1/s1. The van der Waals surface area contributed by atoms with Crippen LogP contribution in [0.25, 0.3) is 5.65 Å². The monoisotopic (exact) mass is 340 g/mol. The molecule has 1 fully saturated rings. The van der Waals surface area contributed by atoms with E-state index in [0.29, 0.717) is 12.2 Å². The number of hydrogen-bond acceptors (Lipinski definition) is 4. The van der Waals surface area contributed by atoms with Crippen molar-refractivity contribution in [3.63, 3.8) is 0 Å². The van der Waals surface area contributed by atoms with Crippen LogP contribution in [-0.4, -0.2) is 26.0 Å². The smallest absolute Gasteiger partial charge is 0.272 e. The summed E-state index contributed by atoms with van der Waals surface area (Å²) < 4.78 is 7.51. The average Bonchev–Trinajstić information content (AvgIpc) is 3.21. The van der Waals surface area contributed by atoms with Crippen molar-refractivity contribution in [3.8, 4) is 0 Å². The first kappa shape index (κ1) is 16.1. The zero-order valence-corrected chi connectivity index (χ0v) is 14.6. The Hall–Kier alpha value is -2.34. The minimum absolute atomic E-state index is 0.0670. The summed E-state index contributed by atoms with van der Waals surface area (Å²) in [6.45, 7) is 3.78. The molecule has 0 radical (unpaired) electrons. The summed E-state index contributed by atoms with van der Waals surface area (Å²) in [5.41, 5.74) is 1.42. The van der Waals surface area contributed by atoms with Gasteiger partial charge in [-0.15, -0.1) is 0 Å². The maximum Gasteiger partial charge on any atom is 0.272 e. The molecule has 1 aliphatic rings. The summed E-state index contributed by atoms with van der Waals surface area (Å²) in [6.07, 6.45) is 7.34. The molecule has 0 bridgehead atoms. The van der Waals surface area contributed by atoms with Crippen molar-refractivity contribution >= 4 is 5.65 Å². The van der Waals surface area contributed by atoms with E-state index in [2.05, 4.69) is 34.0 Å². The second kappa shape index (κ2) is 6.88. The minimum atomic E-state index is -0.0670. The van der Waals surface area contributed by atoms with Crippen molar-refractivity contribution in [2.45, 2.75) is 51.6 Å². The normalized spacial score (nSPS) is 19.3. The number of aromatic nitrogens is 3. The Bertz CT molecular complexity index is 907. The Morgan fingerprint density at radius 3 is 3.04 bits per heavy atom. The van der Waals surface area contributed by atoms with E-state index in [1.54, 1.807) is 12.3 Å². The van der Waals surface area contributed by atoms with Crippen LogP contribution in [0.2, 0.25) is 0 Å². The fourth-order valence-corrected chi connectivity index (χ4v) is 3.71. The van der Waals surface area contributed by atoms with Crippen LogP contribution in [0.4, 0.5) is 0 Å². The lowest BCUT2D eigenvalue weighted by Crippen LogP contribution is -2.29. The molecule has 3 aromatic heterocycles. The molecule has 0 spiro atoms. The van der Waals surface area contributed by atoms with Gasteiger partial charge in [-0.05, 0) is 31.5 Å². The predicted octanol–water partition coefficient (Wildman–Crippen LogP) is 3.30. The lowest BCUT2D eigenvalue weighted by Gasteiger charge is -2.28. The van der Waals surface area contributed by atoms with Gasteiger partial charge in [-0.2, -0.15) is 0 Å². The van der Waals surface area contributed by atoms with Crippen LogP contribution < -0.4 is 5.56 Å². The third-order valence-electron chi connectivity index (χ3n) is 5.02. The van der Waals surface area contributed by atoms with E-state index in [0.717, 1.165) is 36.6 Å². The number of nitrogens with zero attached hydrogens (tertiary/aromatic N) is 3. The molecular formula is C19H24N4O2. The summed E-state index contributed by atoms with van der Waals surface area (Å²) in [5, 5.41) is 2.89. The predicted molar refractivity (Wildman–Crippen MR) is 95.5 cm³/mol. The van der Waals surface area contributed by atoms with Gasteiger partial charge in [-0.25, -0.2) is 9.50 Å². The first-order chi connectivity index (χ1) is 12.2. The highest BCUT2D eigenvalue weighted by Gasteiger charge is 2.26. The van der Waals surface area contributed by atoms with Crippen molar-refractivity contribution in [2.75, 3.05) is 6.54 Å². The van der Waals surface area contributed by atoms with Crippen molar-refractivity contribution in [1.29, 1.82) is 0 Å². The highest BCUT2D eigenvalue weighted by atomic mass is 16.3. The summed E-state index contributed by atoms with van der Waals surface area (Å²) >= 11 is 0. The van der Waals surface area contributed by atoms with Gasteiger partial charge >= 0.3 is 0 Å². The van der Waals surface area contributed by atoms with Crippen LogP contribution in [0.3, 0.4) is 0 Å². The first-order valence-corrected chi connectivity index (χ1v) is 9.13. The Kier molecular flexibility index (Phi) is 4.44. The maximum absolute atomic E-state index is 12.2. The molecular weight excluding hydrogens is 316 g/mol. The fraction of sp³-hybridized carbons (Fsp3) is 0.474. The molecule has 4 heterocycles. The van der Waals surface area contributed by atoms with Crippen molar-refractivity contribution in [3.05, 3.63) is 58.0 Å². The fourth-order valence-electron chi connectivity index (χ4n) is 3.71. The van der Waals surface area contributed by atoms with E-state index in [1.165, 1.54) is 23.8 Å². The minimum Gasteiger partial charge on any atom is -0.464 e. The first-order valence-electron chi connectivity index (χ1n) is 9.13. The number of aromatic amines is 1. The molecule has 1 atom stereocenters. The number of hydrogen-bond donors (Lipinski definition) is 1. The third kappa shape index (κ3) is 3.26. The Morgan fingerprint density at radius 1 is 1.28 bits per heavy atom. The maximum atomic E-state index is 12.2. The van der Waals surface area contributed by atoms with Crippen LogP contribution in [0.5, 0.6) is 0 Å². The average molecular weight is 340 g/mol. The van der Waals surface area contributed by atoms with Crippen LogP contribution in [0.1, 0.15) is 55.9 Å². The van der Waals surface area contributed by atoms with Crippen LogP contribution in [0.15, 0.2) is 39.7 Å². The van der Waals surface area contributed by atoms with Gasteiger partial charge in [0.2, 0.25) is 0 Å². The molecule has 0 aliphatic carbocycles.